The minimum atomic E-state index is -0.995. The van der Waals surface area contributed by atoms with Gasteiger partial charge in [0.25, 0.3) is 0 Å². The number of carbonyl (C=O) groups is 2. The van der Waals surface area contributed by atoms with E-state index >= 15 is 0 Å². The van der Waals surface area contributed by atoms with Crippen molar-refractivity contribution in [3.63, 3.8) is 0 Å². The highest BCUT2D eigenvalue weighted by atomic mass is 16.5. The van der Waals surface area contributed by atoms with E-state index in [0.717, 1.165) is 5.52 Å². The number of rotatable bonds is 2. The Morgan fingerprint density at radius 3 is 2.89 bits per heavy atom. The van der Waals surface area contributed by atoms with Crippen molar-refractivity contribution >= 4 is 22.8 Å². The van der Waals surface area contributed by atoms with Crippen molar-refractivity contribution in [2.45, 2.75) is 6.42 Å². The van der Waals surface area contributed by atoms with Gasteiger partial charge in [-0.1, -0.05) is 11.8 Å². The molecule has 96 valence electrons. The van der Waals surface area contributed by atoms with Crippen LogP contribution >= 0.6 is 0 Å². The standard InChI is InChI=1S/C14H11NO4/c1-19-13(16)4-2-3-9-5-6-12-10(7-9)11(8-15-12)14(17)18/h5-8,15H,4H2,1H3,(H,17,18). The fourth-order valence-electron chi connectivity index (χ4n) is 1.67. The highest BCUT2D eigenvalue weighted by molar-refractivity contribution is 6.03. The molecule has 0 spiro atoms. The Bertz CT molecular complexity index is 703. The Morgan fingerprint density at radius 1 is 1.42 bits per heavy atom. The number of carboxylic acids is 1. The lowest BCUT2D eigenvalue weighted by Crippen LogP contribution is -1.97. The molecule has 0 saturated heterocycles. The number of fused-ring (bicyclic) bond motifs is 1. The van der Waals surface area contributed by atoms with Crippen molar-refractivity contribution in [3.05, 3.63) is 35.5 Å². The zero-order valence-electron chi connectivity index (χ0n) is 10.2. The van der Waals surface area contributed by atoms with Crippen LogP contribution in [0.15, 0.2) is 24.4 Å². The van der Waals surface area contributed by atoms with Crippen molar-refractivity contribution in [2.24, 2.45) is 0 Å². The third-order valence-corrected chi connectivity index (χ3v) is 2.61. The fourth-order valence-corrected chi connectivity index (χ4v) is 1.67. The summed E-state index contributed by atoms with van der Waals surface area (Å²) in [4.78, 5) is 24.8. The molecule has 0 radical (unpaired) electrons. The molecule has 0 amide bonds. The molecule has 0 aliphatic rings. The van der Waals surface area contributed by atoms with Gasteiger partial charge in [-0.25, -0.2) is 4.79 Å². The first-order valence-electron chi connectivity index (χ1n) is 5.52. The van der Waals surface area contributed by atoms with Crippen LogP contribution in [-0.4, -0.2) is 29.1 Å². The lowest BCUT2D eigenvalue weighted by molar-refractivity contribution is -0.139. The van der Waals surface area contributed by atoms with Gasteiger partial charge < -0.3 is 14.8 Å². The first-order chi connectivity index (χ1) is 9.11. The van der Waals surface area contributed by atoms with Crippen molar-refractivity contribution in [1.29, 1.82) is 0 Å². The van der Waals surface area contributed by atoms with Gasteiger partial charge in [0.05, 0.1) is 12.7 Å². The normalized spacial score (nSPS) is 9.74. The van der Waals surface area contributed by atoms with Gasteiger partial charge in [0, 0.05) is 22.7 Å². The number of H-pyrrole nitrogens is 1. The van der Waals surface area contributed by atoms with Crippen LogP contribution in [0.25, 0.3) is 10.9 Å². The summed E-state index contributed by atoms with van der Waals surface area (Å²) in [5.41, 5.74) is 1.58. The van der Waals surface area contributed by atoms with E-state index < -0.39 is 11.9 Å². The van der Waals surface area contributed by atoms with E-state index in [1.54, 1.807) is 18.2 Å². The average Bonchev–Trinajstić information content (AvgIpc) is 2.81. The van der Waals surface area contributed by atoms with Crippen molar-refractivity contribution < 1.29 is 19.4 Å². The third-order valence-electron chi connectivity index (χ3n) is 2.61. The molecule has 5 heteroatoms. The van der Waals surface area contributed by atoms with Gasteiger partial charge in [-0.2, -0.15) is 0 Å². The van der Waals surface area contributed by atoms with Crippen LogP contribution in [0.3, 0.4) is 0 Å². The van der Waals surface area contributed by atoms with Gasteiger partial charge in [0.15, 0.2) is 0 Å². The van der Waals surface area contributed by atoms with Crippen LogP contribution in [0.5, 0.6) is 0 Å². The molecule has 2 aromatic rings. The second-order valence-corrected chi connectivity index (χ2v) is 3.82. The van der Waals surface area contributed by atoms with E-state index in [0.29, 0.717) is 10.9 Å². The molecule has 0 atom stereocenters. The molecule has 0 saturated carbocycles. The monoisotopic (exact) mass is 257 g/mol. The molecule has 2 rings (SSSR count). The lowest BCUT2D eigenvalue weighted by Gasteiger charge is -1.94. The molecule has 0 aliphatic heterocycles. The number of methoxy groups -OCH3 is 1. The van der Waals surface area contributed by atoms with Gasteiger partial charge in [0.1, 0.15) is 6.42 Å². The quantitative estimate of drug-likeness (QED) is 0.635. The van der Waals surface area contributed by atoms with Gasteiger partial charge in [-0.3, -0.25) is 4.79 Å². The second-order valence-electron chi connectivity index (χ2n) is 3.82. The van der Waals surface area contributed by atoms with E-state index in [1.165, 1.54) is 13.3 Å². The number of carbonyl (C=O) groups excluding carboxylic acids is 1. The maximum absolute atomic E-state index is 11.0. The summed E-state index contributed by atoms with van der Waals surface area (Å²) in [5, 5.41) is 9.62. The molecule has 0 unspecified atom stereocenters. The summed E-state index contributed by atoms with van der Waals surface area (Å²) < 4.78 is 4.47. The first-order valence-corrected chi connectivity index (χ1v) is 5.52. The highest BCUT2D eigenvalue weighted by Gasteiger charge is 2.10. The number of hydrogen-bond acceptors (Lipinski definition) is 3. The van der Waals surface area contributed by atoms with Crippen LogP contribution in [0.2, 0.25) is 0 Å². The molecule has 19 heavy (non-hydrogen) atoms. The summed E-state index contributed by atoms with van der Waals surface area (Å²) in [7, 11) is 1.30. The van der Waals surface area contributed by atoms with E-state index in [-0.39, 0.29) is 12.0 Å². The van der Waals surface area contributed by atoms with Crippen LogP contribution in [-0.2, 0) is 9.53 Å². The first kappa shape index (κ1) is 12.7. The number of nitrogens with one attached hydrogen (secondary N) is 1. The molecule has 0 aliphatic carbocycles. The number of aromatic carboxylic acids is 1. The van der Waals surface area contributed by atoms with Gasteiger partial charge in [-0.05, 0) is 18.2 Å². The zero-order chi connectivity index (χ0) is 13.8. The summed E-state index contributed by atoms with van der Waals surface area (Å²) in [6, 6.07) is 5.19. The molecule has 2 N–H and O–H groups in total. The molecule has 1 aromatic heterocycles. The Balaban J connectivity index is 2.32. The number of aromatic amines is 1. The predicted octanol–water partition coefficient (Wildman–Crippen LogP) is 1.78. The number of carboxylic acid groups (broad SMARTS) is 1. The number of hydrogen-bond donors (Lipinski definition) is 2. The number of esters is 1. The molecule has 0 bridgehead atoms. The SMILES string of the molecule is COC(=O)CC#Cc1ccc2[nH]cc(C(=O)O)c2c1. The molecule has 1 heterocycles. The maximum atomic E-state index is 11.0. The summed E-state index contributed by atoms with van der Waals surface area (Å²) in [6.07, 6.45) is 1.45. The molecule has 0 fully saturated rings. The smallest absolute Gasteiger partial charge is 0.337 e. The van der Waals surface area contributed by atoms with Crippen molar-refractivity contribution in [2.75, 3.05) is 7.11 Å². The highest BCUT2D eigenvalue weighted by Crippen LogP contribution is 2.19. The van der Waals surface area contributed by atoms with E-state index in [1.807, 2.05) is 0 Å². The summed E-state index contributed by atoms with van der Waals surface area (Å²) in [5.74, 6) is 4.08. The minimum absolute atomic E-state index is 0.00740. The molecular weight excluding hydrogens is 246 g/mol. The van der Waals surface area contributed by atoms with Crippen molar-refractivity contribution in [1.82, 2.24) is 4.98 Å². The Hall–Kier alpha value is -2.74. The Morgan fingerprint density at radius 2 is 2.21 bits per heavy atom. The van der Waals surface area contributed by atoms with Gasteiger partial charge >= 0.3 is 11.9 Å². The van der Waals surface area contributed by atoms with Crippen LogP contribution in [0.4, 0.5) is 0 Å². The molecular formula is C14H11NO4. The second kappa shape index (κ2) is 5.27. The van der Waals surface area contributed by atoms with E-state index in [9.17, 15) is 9.59 Å². The summed E-state index contributed by atoms with van der Waals surface area (Å²) >= 11 is 0. The number of aromatic nitrogens is 1. The largest absolute Gasteiger partial charge is 0.478 e. The Kier molecular flexibility index (Phi) is 3.53. The predicted molar refractivity (Wildman–Crippen MR) is 68.8 cm³/mol. The maximum Gasteiger partial charge on any atom is 0.337 e. The third kappa shape index (κ3) is 2.75. The Labute approximate surface area is 109 Å². The van der Waals surface area contributed by atoms with Crippen LogP contribution < -0.4 is 0 Å². The summed E-state index contributed by atoms with van der Waals surface area (Å²) in [6.45, 7) is 0. The molecule has 5 nitrogen and oxygen atoms in total. The average molecular weight is 257 g/mol. The van der Waals surface area contributed by atoms with E-state index in [2.05, 4.69) is 21.6 Å². The number of benzene rings is 1. The number of ether oxygens (including phenoxy) is 1. The minimum Gasteiger partial charge on any atom is -0.478 e. The molecule has 1 aromatic carbocycles. The van der Waals surface area contributed by atoms with Gasteiger partial charge in [-0.15, -0.1) is 0 Å². The fraction of sp³-hybridized carbons (Fsp3) is 0.143. The van der Waals surface area contributed by atoms with E-state index in [4.69, 9.17) is 5.11 Å². The van der Waals surface area contributed by atoms with Crippen LogP contribution in [0.1, 0.15) is 22.3 Å². The zero-order valence-corrected chi connectivity index (χ0v) is 10.2. The van der Waals surface area contributed by atoms with Crippen LogP contribution in [0, 0.1) is 11.8 Å². The van der Waals surface area contributed by atoms with Gasteiger partial charge in [0.2, 0.25) is 0 Å². The topological polar surface area (TPSA) is 79.4 Å². The lowest BCUT2D eigenvalue weighted by atomic mass is 10.1. The van der Waals surface area contributed by atoms with Crippen molar-refractivity contribution in [3.8, 4) is 11.8 Å².